The van der Waals surface area contributed by atoms with E-state index in [1.165, 1.54) is 6.07 Å². The molecule has 1 aromatic carbocycles. The molecule has 0 atom stereocenters. The van der Waals surface area contributed by atoms with E-state index in [4.69, 9.17) is 5.11 Å². The van der Waals surface area contributed by atoms with E-state index in [1.54, 1.807) is 19.1 Å². The number of carbonyl (C=O) groups excluding carboxylic acids is 1. The second-order valence-corrected chi connectivity index (χ2v) is 4.62. The van der Waals surface area contributed by atoms with Crippen molar-refractivity contribution in [3.05, 3.63) is 59.9 Å². The average molecular weight is 296 g/mol. The van der Waals surface area contributed by atoms with Gasteiger partial charge in [-0.25, -0.2) is 9.78 Å². The third-order valence-corrected chi connectivity index (χ3v) is 3.09. The number of aromatic nitrogens is 1. The van der Waals surface area contributed by atoms with Crippen LogP contribution < -0.4 is 5.32 Å². The van der Waals surface area contributed by atoms with E-state index in [9.17, 15) is 9.59 Å². The zero-order valence-corrected chi connectivity index (χ0v) is 12.2. The first kappa shape index (κ1) is 15.4. The van der Waals surface area contributed by atoms with Crippen molar-refractivity contribution < 1.29 is 14.7 Å². The summed E-state index contributed by atoms with van der Waals surface area (Å²) in [6.45, 7) is 5.92. The Hall–Kier alpha value is -2.95. The lowest BCUT2D eigenvalue weighted by atomic mass is 10.0. The second kappa shape index (κ2) is 6.67. The molecule has 0 aliphatic heterocycles. The number of amides is 1. The lowest BCUT2D eigenvalue weighted by Crippen LogP contribution is -2.24. The number of carboxylic acids is 1. The van der Waals surface area contributed by atoms with Gasteiger partial charge in [0.1, 0.15) is 11.4 Å². The maximum Gasteiger partial charge on any atom is 0.354 e. The molecule has 0 aliphatic carbocycles. The van der Waals surface area contributed by atoms with Crippen molar-refractivity contribution in [3.63, 3.8) is 0 Å². The lowest BCUT2D eigenvalue weighted by molar-refractivity contribution is 0.0690. The van der Waals surface area contributed by atoms with Crippen LogP contribution in [0, 0.1) is 0 Å². The first-order chi connectivity index (χ1) is 10.5. The van der Waals surface area contributed by atoms with Gasteiger partial charge in [0.25, 0.3) is 5.91 Å². The van der Waals surface area contributed by atoms with Gasteiger partial charge in [-0.15, -0.1) is 0 Å². The maximum atomic E-state index is 11.9. The monoisotopic (exact) mass is 296 g/mol. The summed E-state index contributed by atoms with van der Waals surface area (Å²) in [5, 5.41) is 11.8. The van der Waals surface area contributed by atoms with Crippen LogP contribution in [0.5, 0.6) is 0 Å². The van der Waals surface area contributed by atoms with E-state index >= 15 is 0 Å². The number of benzene rings is 1. The van der Waals surface area contributed by atoms with Gasteiger partial charge in [0.05, 0.1) is 0 Å². The third kappa shape index (κ3) is 3.38. The van der Waals surface area contributed by atoms with Crippen LogP contribution in [0.15, 0.2) is 43.0 Å². The molecule has 2 N–H and O–H groups in total. The molecule has 0 saturated heterocycles. The van der Waals surface area contributed by atoms with Crippen molar-refractivity contribution in [1.82, 2.24) is 10.3 Å². The lowest BCUT2D eigenvalue weighted by Gasteiger charge is -2.08. The van der Waals surface area contributed by atoms with Gasteiger partial charge in [-0.1, -0.05) is 36.9 Å². The van der Waals surface area contributed by atoms with Crippen molar-refractivity contribution >= 4 is 18.0 Å². The van der Waals surface area contributed by atoms with Gasteiger partial charge in [-0.2, -0.15) is 0 Å². The fourth-order valence-electron chi connectivity index (χ4n) is 1.99. The molecule has 0 spiro atoms. The number of hydrogen-bond donors (Lipinski definition) is 2. The molecule has 5 nitrogen and oxygen atoms in total. The molecule has 0 aliphatic rings. The summed E-state index contributed by atoms with van der Waals surface area (Å²) in [5.74, 6) is -1.57. The van der Waals surface area contributed by atoms with Crippen LogP contribution in [0.4, 0.5) is 0 Å². The van der Waals surface area contributed by atoms with E-state index in [1.807, 2.05) is 24.3 Å². The van der Waals surface area contributed by atoms with E-state index < -0.39 is 11.9 Å². The SMILES string of the molecule is C=Cc1ccc(-c2cc(C(=O)O)nc(C(=O)NCC)c2)cc1. The molecule has 2 rings (SSSR count). The van der Waals surface area contributed by atoms with Gasteiger partial charge < -0.3 is 10.4 Å². The standard InChI is InChI=1S/C17H16N2O3/c1-3-11-5-7-12(8-6-11)13-9-14(16(20)18-4-2)19-15(10-13)17(21)22/h3,5-10H,1,4H2,2H3,(H,18,20)(H,21,22). The smallest absolute Gasteiger partial charge is 0.354 e. The van der Waals surface area contributed by atoms with E-state index in [0.717, 1.165) is 11.1 Å². The van der Waals surface area contributed by atoms with Crippen molar-refractivity contribution in [3.8, 4) is 11.1 Å². The van der Waals surface area contributed by atoms with Crippen LogP contribution in [0.3, 0.4) is 0 Å². The van der Waals surface area contributed by atoms with Crippen LogP contribution in [0.25, 0.3) is 17.2 Å². The van der Waals surface area contributed by atoms with Crippen LogP contribution >= 0.6 is 0 Å². The number of nitrogens with zero attached hydrogens (tertiary/aromatic N) is 1. The predicted octanol–water partition coefficient (Wildman–Crippen LogP) is 2.84. The van der Waals surface area contributed by atoms with Crippen molar-refractivity contribution in [1.29, 1.82) is 0 Å². The summed E-state index contributed by atoms with van der Waals surface area (Å²) < 4.78 is 0. The van der Waals surface area contributed by atoms with E-state index in [-0.39, 0.29) is 11.4 Å². The first-order valence-corrected chi connectivity index (χ1v) is 6.81. The van der Waals surface area contributed by atoms with E-state index in [0.29, 0.717) is 12.1 Å². The fraction of sp³-hybridized carbons (Fsp3) is 0.118. The summed E-state index contributed by atoms with van der Waals surface area (Å²) in [6.07, 6.45) is 1.72. The highest BCUT2D eigenvalue weighted by molar-refractivity contribution is 5.96. The number of rotatable bonds is 5. The Morgan fingerprint density at radius 2 is 1.82 bits per heavy atom. The van der Waals surface area contributed by atoms with Crippen LogP contribution in [-0.4, -0.2) is 28.5 Å². The normalized spacial score (nSPS) is 10.0. The number of aromatic carboxylic acids is 1. The summed E-state index contributed by atoms with van der Waals surface area (Å²) in [7, 11) is 0. The molecule has 0 saturated carbocycles. The Bertz CT molecular complexity index is 721. The molecule has 0 bridgehead atoms. The molecule has 112 valence electrons. The molecule has 0 fully saturated rings. The Morgan fingerprint density at radius 3 is 2.36 bits per heavy atom. The number of hydrogen-bond acceptors (Lipinski definition) is 3. The van der Waals surface area contributed by atoms with Gasteiger partial charge in [-0.3, -0.25) is 4.79 Å². The molecular formula is C17H16N2O3. The minimum Gasteiger partial charge on any atom is -0.477 e. The highest BCUT2D eigenvalue weighted by Gasteiger charge is 2.14. The number of pyridine rings is 1. The Morgan fingerprint density at radius 1 is 1.18 bits per heavy atom. The number of nitrogens with one attached hydrogen (secondary N) is 1. The molecular weight excluding hydrogens is 280 g/mol. The summed E-state index contributed by atoms with van der Waals surface area (Å²) in [6, 6.07) is 10.5. The highest BCUT2D eigenvalue weighted by Crippen LogP contribution is 2.22. The zero-order chi connectivity index (χ0) is 16.1. The molecule has 0 radical (unpaired) electrons. The Kier molecular flexibility index (Phi) is 4.68. The summed E-state index contributed by atoms with van der Waals surface area (Å²) in [4.78, 5) is 27.0. The molecule has 1 heterocycles. The summed E-state index contributed by atoms with van der Waals surface area (Å²) >= 11 is 0. The van der Waals surface area contributed by atoms with Crippen LogP contribution in [0.2, 0.25) is 0 Å². The maximum absolute atomic E-state index is 11.9. The predicted molar refractivity (Wildman–Crippen MR) is 84.7 cm³/mol. The topological polar surface area (TPSA) is 79.3 Å². The highest BCUT2D eigenvalue weighted by atomic mass is 16.4. The van der Waals surface area contributed by atoms with Crippen molar-refractivity contribution in [2.45, 2.75) is 6.92 Å². The van der Waals surface area contributed by atoms with Gasteiger partial charge in [0.2, 0.25) is 0 Å². The quantitative estimate of drug-likeness (QED) is 0.889. The average Bonchev–Trinajstić information content (AvgIpc) is 2.54. The molecule has 5 heteroatoms. The van der Waals surface area contributed by atoms with Crippen molar-refractivity contribution in [2.24, 2.45) is 0 Å². The van der Waals surface area contributed by atoms with Crippen LogP contribution in [0.1, 0.15) is 33.5 Å². The third-order valence-electron chi connectivity index (χ3n) is 3.09. The minimum atomic E-state index is -1.17. The Labute approximate surface area is 128 Å². The van der Waals surface area contributed by atoms with Crippen molar-refractivity contribution in [2.75, 3.05) is 6.54 Å². The van der Waals surface area contributed by atoms with Crippen LogP contribution in [-0.2, 0) is 0 Å². The first-order valence-electron chi connectivity index (χ1n) is 6.81. The van der Waals surface area contributed by atoms with Gasteiger partial charge in [-0.05, 0) is 35.7 Å². The molecule has 1 aromatic heterocycles. The number of carboxylic acid groups (broad SMARTS) is 1. The molecule has 22 heavy (non-hydrogen) atoms. The largest absolute Gasteiger partial charge is 0.477 e. The molecule has 1 amide bonds. The summed E-state index contributed by atoms with van der Waals surface area (Å²) in [5.41, 5.74) is 2.32. The minimum absolute atomic E-state index is 0.0875. The molecule has 2 aromatic rings. The fourth-order valence-corrected chi connectivity index (χ4v) is 1.99. The van der Waals surface area contributed by atoms with E-state index in [2.05, 4.69) is 16.9 Å². The molecule has 0 unspecified atom stereocenters. The second-order valence-electron chi connectivity index (χ2n) is 4.62. The number of carbonyl (C=O) groups is 2. The zero-order valence-electron chi connectivity index (χ0n) is 12.2. The van der Waals surface area contributed by atoms with Gasteiger partial charge in [0, 0.05) is 6.54 Å². The van der Waals surface area contributed by atoms with Gasteiger partial charge in [0.15, 0.2) is 0 Å². The Balaban J connectivity index is 2.51. The van der Waals surface area contributed by atoms with Gasteiger partial charge >= 0.3 is 5.97 Å².